The van der Waals surface area contributed by atoms with E-state index in [-0.39, 0.29) is 49.5 Å². The van der Waals surface area contributed by atoms with Crippen molar-refractivity contribution in [3.05, 3.63) is 35.4 Å². The number of amidine groups is 1. The topological polar surface area (TPSA) is 73.8 Å². The third kappa shape index (κ3) is 7.14. The summed E-state index contributed by atoms with van der Waals surface area (Å²) in [5, 5.41) is 8.76. The number of anilines is 1. The molecule has 2 amide bonds. The minimum Gasteiger partial charge on any atom is -0.349 e. The number of allylic oxidation sites excluding steroid dienone is 1. The molecule has 10 heteroatoms. The van der Waals surface area contributed by atoms with Crippen molar-refractivity contribution in [1.82, 2.24) is 10.6 Å². The fourth-order valence-corrected chi connectivity index (χ4v) is 5.32. The van der Waals surface area contributed by atoms with E-state index in [0.717, 1.165) is 24.3 Å². The second kappa shape index (κ2) is 11.3. The number of aliphatic imine (C=N–C) groups is 1. The molecule has 2 N–H and O–H groups in total. The van der Waals surface area contributed by atoms with Gasteiger partial charge in [-0.25, -0.2) is 13.8 Å². The molecule has 1 heterocycles. The lowest BCUT2D eigenvalue weighted by molar-refractivity contribution is -0.120. The minimum atomic E-state index is -2.64. The number of halogens is 2. The summed E-state index contributed by atoms with van der Waals surface area (Å²) in [6.07, 6.45) is 7.91. The number of nitrogens with one attached hydrogen (secondary N) is 2. The summed E-state index contributed by atoms with van der Waals surface area (Å²) in [4.78, 5) is 29.5. The molecule has 1 aromatic rings. The third-order valence-corrected chi connectivity index (χ3v) is 7.55. The Balaban J connectivity index is 1.69. The van der Waals surface area contributed by atoms with Gasteiger partial charge >= 0.3 is 0 Å². The minimum absolute atomic E-state index is 0.0344. The first kappa shape index (κ1) is 25.4. The maximum atomic E-state index is 13.4. The van der Waals surface area contributed by atoms with Crippen LogP contribution in [0.1, 0.15) is 67.8 Å². The van der Waals surface area contributed by atoms with E-state index >= 15 is 0 Å². The van der Waals surface area contributed by atoms with E-state index in [4.69, 9.17) is 0 Å². The van der Waals surface area contributed by atoms with Gasteiger partial charge in [0.05, 0.1) is 5.56 Å². The highest BCUT2D eigenvalue weighted by Gasteiger charge is 2.36. The van der Waals surface area contributed by atoms with Crippen molar-refractivity contribution >= 4 is 51.3 Å². The van der Waals surface area contributed by atoms with Gasteiger partial charge in [-0.2, -0.15) is 0 Å². The lowest BCUT2D eigenvalue weighted by Gasteiger charge is -2.28. The Hall–Kier alpha value is -2.20. The smallest absolute Gasteiger partial charge is 0.253 e. The van der Waals surface area contributed by atoms with Crippen LogP contribution in [-0.4, -0.2) is 36.0 Å². The maximum absolute atomic E-state index is 13.4. The summed E-state index contributed by atoms with van der Waals surface area (Å²) in [5.41, 5.74) is 1.12. The SMILES string of the molecule is C=Cc1c(C(=O)NC2CCC(F)(F)CC2)csc1N(C)SC(=N/C=C/CC)NC(=O)C1CC1. The fraction of sp³-hybridized carbons (Fsp3) is 0.522. The molecule has 0 saturated heterocycles. The summed E-state index contributed by atoms with van der Waals surface area (Å²) < 4.78 is 28.6. The van der Waals surface area contributed by atoms with Crippen LogP contribution in [-0.2, 0) is 4.79 Å². The van der Waals surface area contributed by atoms with Crippen LogP contribution in [0.25, 0.3) is 6.08 Å². The molecule has 2 aliphatic carbocycles. The second-order valence-electron chi connectivity index (χ2n) is 8.26. The Kier molecular flexibility index (Phi) is 8.69. The van der Waals surface area contributed by atoms with Crippen molar-refractivity contribution < 1.29 is 18.4 Å². The van der Waals surface area contributed by atoms with Gasteiger partial charge in [-0.1, -0.05) is 25.7 Å². The summed E-state index contributed by atoms with van der Waals surface area (Å²) in [5.74, 6) is -2.91. The van der Waals surface area contributed by atoms with Crippen molar-refractivity contribution in [2.45, 2.75) is 63.8 Å². The maximum Gasteiger partial charge on any atom is 0.253 e. The van der Waals surface area contributed by atoms with Gasteiger partial charge in [-0.05, 0) is 32.1 Å². The van der Waals surface area contributed by atoms with Gasteiger partial charge in [0.25, 0.3) is 5.91 Å². The highest BCUT2D eigenvalue weighted by molar-refractivity contribution is 8.15. The monoisotopic (exact) mass is 496 g/mol. The average molecular weight is 497 g/mol. The fourth-order valence-electron chi connectivity index (χ4n) is 3.45. The van der Waals surface area contributed by atoms with Crippen LogP contribution < -0.4 is 14.9 Å². The van der Waals surface area contributed by atoms with Crippen LogP contribution in [0.5, 0.6) is 0 Å². The Morgan fingerprint density at radius 1 is 1.33 bits per heavy atom. The standard InChI is InChI=1S/C23H30F2N4O2S2/c1-4-6-13-26-22(28-19(30)15-7-8-15)33-29(3)21-17(5-2)18(14-32-21)20(31)27-16-9-11-23(24,25)12-10-16/h5-6,13-16H,2,4,7-12H2,1,3H3,(H,27,31)(H,26,28,30)/b13-6+. The zero-order valence-electron chi connectivity index (χ0n) is 18.9. The van der Waals surface area contributed by atoms with Crippen LogP contribution in [0, 0.1) is 5.92 Å². The Bertz CT molecular complexity index is 931. The molecule has 0 spiro atoms. The highest BCUT2D eigenvalue weighted by atomic mass is 32.2. The van der Waals surface area contributed by atoms with E-state index in [2.05, 4.69) is 22.2 Å². The summed E-state index contributed by atoms with van der Waals surface area (Å²) >= 11 is 2.63. The van der Waals surface area contributed by atoms with Gasteiger partial charge in [0.15, 0.2) is 5.17 Å². The molecule has 0 unspecified atom stereocenters. The summed E-state index contributed by atoms with van der Waals surface area (Å²) in [6.45, 7) is 5.86. The molecular formula is C23H30F2N4O2S2. The summed E-state index contributed by atoms with van der Waals surface area (Å²) in [6, 6.07) is -0.257. The Morgan fingerprint density at radius 2 is 2.03 bits per heavy atom. The number of hydrogen-bond donors (Lipinski definition) is 2. The lowest BCUT2D eigenvalue weighted by Crippen LogP contribution is -2.40. The Labute approximate surface area is 201 Å². The normalized spacial score (nSPS) is 18.8. The van der Waals surface area contributed by atoms with E-state index in [1.807, 2.05) is 24.4 Å². The van der Waals surface area contributed by atoms with Crippen molar-refractivity contribution in [3.63, 3.8) is 0 Å². The van der Waals surface area contributed by atoms with E-state index in [1.54, 1.807) is 17.7 Å². The zero-order valence-corrected chi connectivity index (χ0v) is 20.5. The second-order valence-corrected chi connectivity index (χ2v) is 10.2. The van der Waals surface area contributed by atoms with E-state index < -0.39 is 5.92 Å². The first-order valence-electron chi connectivity index (χ1n) is 11.1. The largest absolute Gasteiger partial charge is 0.349 e. The first-order chi connectivity index (χ1) is 15.7. The number of alkyl halides is 2. The molecule has 0 aromatic carbocycles. The molecule has 3 rings (SSSR count). The molecule has 2 aliphatic rings. The van der Waals surface area contributed by atoms with Crippen molar-refractivity contribution in [3.8, 4) is 0 Å². The number of carbonyl (C=O) groups excluding carboxylic acids is 2. The predicted octanol–water partition coefficient (Wildman–Crippen LogP) is 5.59. The van der Waals surface area contributed by atoms with Crippen LogP contribution in [0.4, 0.5) is 13.8 Å². The van der Waals surface area contributed by atoms with Gasteiger partial charge in [0, 0.05) is 60.9 Å². The molecule has 2 fully saturated rings. The van der Waals surface area contributed by atoms with E-state index in [0.29, 0.717) is 16.3 Å². The van der Waals surface area contributed by atoms with Crippen molar-refractivity contribution in [2.75, 3.05) is 11.4 Å². The average Bonchev–Trinajstić information content (AvgIpc) is 3.53. The molecule has 0 atom stereocenters. The van der Waals surface area contributed by atoms with Gasteiger partial charge < -0.3 is 14.9 Å². The molecule has 0 aliphatic heterocycles. The van der Waals surface area contributed by atoms with Crippen LogP contribution in [0.3, 0.4) is 0 Å². The number of rotatable bonds is 8. The molecule has 1 aromatic heterocycles. The van der Waals surface area contributed by atoms with Gasteiger partial charge in [-0.15, -0.1) is 11.3 Å². The van der Waals surface area contributed by atoms with E-state index in [1.165, 1.54) is 23.3 Å². The first-order valence-corrected chi connectivity index (χ1v) is 12.8. The third-order valence-electron chi connectivity index (χ3n) is 5.53. The molecule has 180 valence electrons. The van der Waals surface area contributed by atoms with Gasteiger partial charge in [0.2, 0.25) is 11.8 Å². The Morgan fingerprint density at radius 3 is 2.64 bits per heavy atom. The number of nitrogens with zero attached hydrogens (tertiary/aromatic N) is 2. The zero-order chi connectivity index (χ0) is 24.0. The van der Waals surface area contributed by atoms with Crippen LogP contribution in [0.15, 0.2) is 29.2 Å². The molecule has 33 heavy (non-hydrogen) atoms. The predicted molar refractivity (Wildman–Crippen MR) is 133 cm³/mol. The molecule has 0 bridgehead atoms. The number of carbonyl (C=O) groups is 2. The molecular weight excluding hydrogens is 466 g/mol. The molecule has 6 nitrogen and oxygen atoms in total. The van der Waals surface area contributed by atoms with E-state index in [9.17, 15) is 18.4 Å². The van der Waals surface area contributed by atoms with Crippen molar-refractivity contribution in [2.24, 2.45) is 10.9 Å². The van der Waals surface area contributed by atoms with Crippen LogP contribution >= 0.6 is 23.3 Å². The number of thiophene rings is 1. The van der Waals surface area contributed by atoms with Crippen molar-refractivity contribution in [1.29, 1.82) is 0 Å². The summed E-state index contributed by atoms with van der Waals surface area (Å²) in [7, 11) is 1.83. The highest BCUT2D eigenvalue weighted by Crippen LogP contribution is 2.37. The van der Waals surface area contributed by atoms with Gasteiger partial charge in [0.1, 0.15) is 5.00 Å². The lowest BCUT2D eigenvalue weighted by atomic mass is 9.92. The van der Waals surface area contributed by atoms with Gasteiger partial charge in [-0.3, -0.25) is 9.59 Å². The molecule has 0 radical (unpaired) electrons. The van der Waals surface area contributed by atoms with Crippen LogP contribution in [0.2, 0.25) is 0 Å². The number of hydrogen-bond acceptors (Lipinski definition) is 6. The quantitative estimate of drug-likeness (QED) is 0.280. The number of amides is 2. The molecule has 2 saturated carbocycles.